The molecule has 0 saturated carbocycles. The molecule has 1 N–H and O–H groups in total. The van der Waals surface area contributed by atoms with Crippen LogP contribution in [0.5, 0.6) is 0 Å². The highest BCUT2D eigenvalue weighted by Crippen LogP contribution is 2.44. The molecule has 3 aromatic rings. The van der Waals surface area contributed by atoms with Crippen LogP contribution < -0.4 is 5.32 Å². The number of benzene rings is 3. The second-order valence-corrected chi connectivity index (χ2v) is 7.59. The quantitative estimate of drug-likeness (QED) is 0.233. The maximum Gasteiger partial charge on any atom is 0.185 e. The number of para-hydroxylation sites is 1. The lowest BCUT2D eigenvalue weighted by Crippen LogP contribution is -2.02. The van der Waals surface area contributed by atoms with Crippen LogP contribution in [0.3, 0.4) is 0 Å². The molecular formula is C23H16ClNOS. The highest BCUT2D eigenvalue weighted by atomic mass is 35.5. The first kappa shape index (κ1) is 17.7. The highest BCUT2D eigenvalue weighted by Gasteiger charge is 2.16. The molecule has 27 heavy (non-hydrogen) atoms. The molecule has 0 saturated heterocycles. The molecular weight excluding hydrogens is 374 g/mol. The number of anilines is 2. The minimum Gasteiger partial charge on any atom is -0.354 e. The molecule has 4 heteroatoms. The number of ketones is 1. The van der Waals surface area contributed by atoms with Gasteiger partial charge in [0.15, 0.2) is 5.78 Å². The Morgan fingerprint density at radius 2 is 1.59 bits per heavy atom. The van der Waals surface area contributed by atoms with Crippen molar-refractivity contribution >= 4 is 46.6 Å². The summed E-state index contributed by atoms with van der Waals surface area (Å²) in [7, 11) is 0. The van der Waals surface area contributed by atoms with E-state index in [9.17, 15) is 4.79 Å². The number of nitrogens with one attached hydrogen (secondary N) is 1. The first-order valence-electron chi connectivity index (χ1n) is 8.52. The summed E-state index contributed by atoms with van der Waals surface area (Å²) >= 11 is 7.93. The molecule has 3 aromatic carbocycles. The lowest BCUT2D eigenvalue weighted by Gasteiger charge is -2.20. The van der Waals surface area contributed by atoms with E-state index >= 15 is 0 Å². The van der Waals surface area contributed by atoms with Gasteiger partial charge in [-0.3, -0.25) is 4.79 Å². The molecule has 4 rings (SSSR count). The molecule has 0 fully saturated rings. The number of halogens is 1. The van der Waals surface area contributed by atoms with E-state index in [1.807, 2.05) is 72.8 Å². The summed E-state index contributed by atoms with van der Waals surface area (Å²) in [4.78, 5) is 14.8. The maximum atomic E-state index is 12.5. The van der Waals surface area contributed by atoms with E-state index in [-0.39, 0.29) is 5.78 Å². The van der Waals surface area contributed by atoms with Crippen LogP contribution in [0.25, 0.3) is 6.08 Å². The normalized spacial score (nSPS) is 13.0. The number of rotatable bonds is 4. The van der Waals surface area contributed by atoms with Crippen LogP contribution in [0, 0.1) is 0 Å². The van der Waals surface area contributed by atoms with Crippen molar-refractivity contribution in [3.05, 3.63) is 101 Å². The van der Waals surface area contributed by atoms with E-state index < -0.39 is 0 Å². The van der Waals surface area contributed by atoms with Crippen molar-refractivity contribution in [2.45, 2.75) is 9.79 Å². The third-order valence-electron chi connectivity index (χ3n) is 4.14. The molecule has 0 amide bonds. The summed E-state index contributed by atoms with van der Waals surface area (Å²) in [6, 6.07) is 23.6. The van der Waals surface area contributed by atoms with Gasteiger partial charge in [0.2, 0.25) is 0 Å². The SMILES string of the molecule is O=C(/C=C/C(Cl)=C/c1ccccc1)c1ccc2c(c1)Nc1ccccc1S2. The van der Waals surface area contributed by atoms with Gasteiger partial charge >= 0.3 is 0 Å². The standard InChI is InChI=1S/C23H16ClNOS/c24-18(14-16-6-2-1-3-7-16)11-12-21(26)17-10-13-23-20(15-17)25-19-8-4-5-9-22(19)27-23/h1-15,25H/b12-11+,18-14-. The van der Waals surface area contributed by atoms with E-state index in [2.05, 4.69) is 11.4 Å². The Hall–Kier alpha value is -2.75. The van der Waals surface area contributed by atoms with Crippen molar-refractivity contribution in [1.29, 1.82) is 0 Å². The Morgan fingerprint density at radius 1 is 0.852 bits per heavy atom. The first-order valence-corrected chi connectivity index (χ1v) is 9.71. The Bertz CT molecular complexity index is 1060. The summed E-state index contributed by atoms with van der Waals surface area (Å²) in [5.41, 5.74) is 3.63. The maximum absolute atomic E-state index is 12.5. The summed E-state index contributed by atoms with van der Waals surface area (Å²) in [6.45, 7) is 0. The van der Waals surface area contributed by atoms with Crippen LogP contribution in [-0.4, -0.2) is 5.78 Å². The van der Waals surface area contributed by atoms with Gasteiger partial charge in [-0.1, -0.05) is 65.8 Å². The van der Waals surface area contributed by atoms with Crippen LogP contribution in [-0.2, 0) is 0 Å². The van der Waals surface area contributed by atoms with Gasteiger partial charge in [0.25, 0.3) is 0 Å². The highest BCUT2D eigenvalue weighted by molar-refractivity contribution is 7.99. The fraction of sp³-hybridized carbons (Fsp3) is 0. The molecule has 132 valence electrons. The van der Waals surface area contributed by atoms with Gasteiger partial charge in [0, 0.05) is 20.4 Å². The van der Waals surface area contributed by atoms with E-state index in [0.29, 0.717) is 10.6 Å². The molecule has 1 aliphatic rings. The van der Waals surface area contributed by atoms with Crippen molar-refractivity contribution in [1.82, 2.24) is 0 Å². The van der Waals surface area contributed by atoms with Crippen LogP contribution in [0.1, 0.15) is 15.9 Å². The zero-order valence-electron chi connectivity index (χ0n) is 14.4. The van der Waals surface area contributed by atoms with Gasteiger partial charge in [-0.2, -0.15) is 0 Å². The average Bonchev–Trinajstić information content (AvgIpc) is 2.70. The molecule has 0 atom stereocenters. The number of fused-ring (bicyclic) bond motifs is 2. The largest absolute Gasteiger partial charge is 0.354 e. The summed E-state index contributed by atoms with van der Waals surface area (Å²) in [5, 5.41) is 3.91. The third kappa shape index (κ3) is 4.16. The van der Waals surface area contributed by atoms with E-state index in [0.717, 1.165) is 21.8 Å². The van der Waals surface area contributed by atoms with Crippen LogP contribution in [0.2, 0.25) is 0 Å². The predicted octanol–water partition coefficient (Wildman–Crippen LogP) is 6.91. The van der Waals surface area contributed by atoms with Crippen molar-refractivity contribution in [2.24, 2.45) is 0 Å². The molecule has 0 aromatic heterocycles. The van der Waals surface area contributed by atoms with Gasteiger partial charge in [-0.15, -0.1) is 0 Å². The van der Waals surface area contributed by atoms with Gasteiger partial charge in [-0.05, 0) is 54.1 Å². The Labute approximate surface area is 167 Å². The van der Waals surface area contributed by atoms with Crippen LogP contribution in [0.15, 0.2) is 99.8 Å². The Balaban J connectivity index is 1.51. The zero-order valence-corrected chi connectivity index (χ0v) is 15.9. The second kappa shape index (κ2) is 7.87. The first-order chi connectivity index (χ1) is 13.2. The lowest BCUT2D eigenvalue weighted by molar-refractivity contribution is 0.104. The van der Waals surface area contributed by atoms with Crippen molar-refractivity contribution in [3.63, 3.8) is 0 Å². The topological polar surface area (TPSA) is 29.1 Å². The summed E-state index contributed by atoms with van der Waals surface area (Å²) < 4.78 is 0. The molecule has 2 nitrogen and oxygen atoms in total. The second-order valence-electron chi connectivity index (χ2n) is 6.07. The van der Waals surface area contributed by atoms with Gasteiger partial charge in [0.05, 0.1) is 11.4 Å². The lowest BCUT2D eigenvalue weighted by atomic mass is 10.1. The van der Waals surface area contributed by atoms with Gasteiger partial charge < -0.3 is 5.32 Å². The Kier molecular flexibility index (Phi) is 5.14. The molecule has 0 aliphatic carbocycles. The van der Waals surface area contributed by atoms with E-state index in [4.69, 9.17) is 11.6 Å². The molecule has 0 spiro atoms. The predicted molar refractivity (Wildman–Crippen MR) is 114 cm³/mol. The smallest absolute Gasteiger partial charge is 0.185 e. The fourth-order valence-corrected chi connectivity index (χ4v) is 3.96. The van der Waals surface area contributed by atoms with E-state index in [1.165, 1.54) is 11.0 Å². The van der Waals surface area contributed by atoms with E-state index in [1.54, 1.807) is 17.8 Å². The number of carbonyl (C=O) groups is 1. The third-order valence-corrected chi connectivity index (χ3v) is 5.53. The number of carbonyl (C=O) groups excluding carboxylic acids is 1. The summed E-state index contributed by atoms with van der Waals surface area (Å²) in [5.74, 6) is -0.0805. The van der Waals surface area contributed by atoms with Crippen LogP contribution >= 0.6 is 23.4 Å². The summed E-state index contributed by atoms with van der Waals surface area (Å²) in [6.07, 6.45) is 4.97. The molecule has 0 radical (unpaired) electrons. The number of hydrogen-bond donors (Lipinski definition) is 1. The van der Waals surface area contributed by atoms with Gasteiger partial charge in [0.1, 0.15) is 0 Å². The molecule has 0 bridgehead atoms. The molecule has 1 heterocycles. The monoisotopic (exact) mass is 389 g/mol. The zero-order chi connectivity index (χ0) is 18.6. The molecule has 0 unspecified atom stereocenters. The number of hydrogen-bond acceptors (Lipinski definition) is 3. The average molecular weight is 390 g/mol. The number of allylic oxidation sites excluding steroid dienone is 3. The molecule has 1 aliphatic heterocycles. The Morgan fingerprint density at radius 3 is 2.44 bits per heavy atom. The van der Waals surface area contributed by atoms with Gasteiger partial charge in [-0.25, -0.2) is 0 Å². The fourth-order valence-electron chi connectivity index (χ4n) is 2.80. The minimum absolute atomic E-state index is 0.0805. The van der Waals surface area contributed by atoms with Crippen LogP contribution in [0.4, 0.5) is 11.4 Å². The van der Waals surface area contributed by atoms with Crippen molar-refractivity contribution in [2.75, 3.05) is 5.32 Å². The minimum atomic E-state index is -0.0805. The van der Waals surface area contributed by atoms with Crippen molar-refractivity contribution in [3.8, 4) is 0 Å². The van der Waals surface area contributed by atoms with Crippen molar-refractivity contribution < 1.29 is 4.79 Å².